The molecule has 1 aliphatic heterocycles. The first kappa shape index (κ1) is 12.7. The van der Waals surface area contributed by atoms with Gasteiger partial charge in [0, 0.05) is 6.54 Å². The van der Waals surface area contributed by atoms with Gasteiger partial charge in [-0.1, -0.05) is 19.3 Å². The van der Waals surface area contributed by atoms with Crippen molar-refractivity contribution in [3.05, 3.63) is 0 Å². The summed E-state index contributed by atoms with van der Waals surface area (Å²) in [5, 5.41) is 0. The topological polar surface area (TPSA) is 50.8 Å². The summed E-state index contributed by atoms with van der Waals surface area (Å²) in [6, 6.07) is 0.799. The number of morpholine rings is 1. The first-order chi connectivity index (χ1) is 8.16. The predicted octanol–water partition coefficient (Wildman–Crippen LogP) is 1.74. The maximum atomic E-state index is 6.15. The molecule has 0 aromatic heterocycles. The molecular formula is C13H25N3O. The van der Waals surface area contributed by atoms with Crippen molar-refractivity contribution in [2.75, 3.05) is 13.2 Å². The summed E-state index contributed by atoms with van der Waals surface area (Å²) in [5.41, 5.74) is 6.15. The van der Waals surface area contributed by atoms with Crippen molar-refractivity contribution in [1.29, 1.82) is 0 Å². The second-order valence-corrected chi connectivity index (χ2v) is 5.42. The van der Waals surface area contributed by atoms with E-state index in [-0.39, 0.29) is 6.10 Å². The standard InChI is InChI=1S/C13H25N3O/c1-10-9-17-11(2)8-16(10)13(14)15-12-6-4-3-5-7-12/h10-12H,3-9H2,1-2H3,(H2,14,15). The molecule has 2 N–H and O–H groups in total. The molecule has 1 heterocycles. The molecule has 1 saturated heterocycles. The Balaban J connectivity index is 1.96. The van der Waals surface area contributed by atoms with E-state index in [9.17, 15) is 0 Å². The monoisotopic (exact) mass is 239 g/mol. The fourth-order valence-corrected chi connectivity index (χ4v) is 2.69. The van der Waals surface area contributed by atoms with Crippen LogP contribution in [-0.4, -0.2) is 42.2 Å². The minimum absolute atomic E-state index is 0.256. The van der Waals surface area contributed by atoms with Crippen molar-refractivity contribution < 1.29 is 4.74 Å². The van der Waals surface area contributed by atoms with Gasteiger partial charge < -0.3 is 15.4 Å². The van der Waals surface area contributed by atoms with Crippen molar-refractivity contribution in [2.24, 2.45) is 10.7 Å². The van der Waals surface area contributed by atoms with Crippen LogP contribution in [0.4, 0.5) is 0 Å². The Kier molecular flexibility index (Phi) is 4.26. The summed E-state index contributed by atoms with van der Waals surface area (Å²) in [6.45, 7) is 5.85. The zero-order chi connectivity index (χ0) is 12.3. The van der Waals surface area contributed by atoms with Gasteiger partial charge in [0.25, 0.3) is 0 Å². The molecule has 2 aliphatic rings. The normalized spacial score (nSPS) is 32.8. The van der Waals surface area contributed by atoms with Crippen LogP contribution in [0.3, 0.4) is 0 Å². The molecule has 2 atom stereocenters. The third kappa shape index (κ3) is 3.35. The fraction of sp³-hybridized carbons (Fsp3) is 0.923. The molecule has 0 amide bonds. The minimum Gasteiger partial charge on any atom is -0.375 e. The van der Waals surface area contributed by atoms with Crippen molar-refractivity contribution in [3.63, 3.8) is 0 Å². The number of nitrogens with two attached hydrogens (primary N) is 1. The second-order valence-electron chi connectivity index (χ2n) is 5.42. The van der Waals surface area contributed by atoms with Gasteiger partial charge in [-0.15, -0.1) is 0 Å². The molecule has 0 aromatic rings. The summed E-state index contributed by atoms with van der Waals surface area (Å²) in [7, 11) is 0. The molecule has 0 radical (unpaired) electrons. The van der Waals surface area contributed by atoms with Crippen LogP contribution >= 0.6 is 0 Å². The fourth-order valence-electron chi connectivity index (χ4n) is 2.69. The number of hydrogen-bond donors (Lipinski definition) is 1. The molecule has 98 valence electrons. The number of guanidine groups is 1. The van der Waals surface area contributed by atoms with E-state index in [1.807, 2.05) is 0 Å². The molecule has 2 unspecified atom stereocenters. The zero-order valence-electron chi connectivity index (χ0n) is 11.1. The predicted molar refractivity (Wildman–Crippen MR) is 70.1 cm³/mol. The second kappa shape index (κ2) is 5.71. The van der Waals surface area contributed by atoms with Crippen LogP contribution in [0.5, 0.6) is 0 Å². The van der Waals surface area contributed by atoms with Gasteiger partial charge in [0.15, 0.2) is 5.96 Å². The van der Waals surface area contributed by atoms with Gasteiger partial charge >= 0.3 is 0 Å². The summed E-state index contributed by atoms with van der Waals surface area (Å²) in [5.74, 6) is 0.722. The van der Waals surface area contributed by atoms with E-state index < -0.39 is 0 Å². The van der Waals surface area contributed by atoms with E-state index in [4.69, 9.17) is 15.5 Å². The van der Waals surface area contributed by atoms with Gasteiger partial charge in [-0.2, -0.15) is 0 Å². The van der Waals surface area contributed by atoms with E-state index in [1.54, 1.807) is 0 Å². The first-order valence-corrected chi connectivity index (χ1v) is 6.88. The largest absolute Gasteiger partial charge is 0.375 e. The highest BCUT2D eigenvalue weighted by atomic mass is 16.5. The Hall–Kier alpha value is -0.770. The molecule has 4 nitrogen and oxygen atoms in total. The molecule has 0 bridgehead atoms. The summed E-state index contributed by atoms with van der Waals surface area (Å²) >= 11 is 0. The smallest absolute Gasteiger partial charge is 0.191 e. The van der Waals surface area contributed by atoms with Gasteiger partial charge in [0.05, 0.1) is 24.8 Å². The van der Waals surface area contributed by atoms with Crippen LogP contribution in [0.2, 0.25) is 0 Å². The first-order valence-electron chi connectivity index (χ1n) is 6.88. The molecular weight excluding hydrogens is 214 g/mol. The van der Waals surface area contributed by atoms with Crippen LogP contribution in [0.1, 0.15) is 46.0 Å². The lowest BCUT2D eigenvalue weighted by atomic mass is 9.96. The molecule has 17 heavy (non-hydrogen) atoms. The van der Waals surface area contributed by atoms with Crippen molar-refractivity contribution in [1.82, 2.24) is 4.90 Å². The van der Waals surface area contributed by atoms with Gasteiger partial charge in [0.2, 0.25) is 0 Å². The van der Waals surface area contributed by atoms with E-state index in [0.29, 0.717) is 12.1 Å². The zero-order valence-corrected chi connectivity index (χ0v) is 11.1. The van der Waals surface area contributed by atoms with E-state index in [2.05, 4.69) is 18.7 Å². The third-order valence-corrected chi connectivity index (χ3v) is 3.79. The Morgan fingerprint density at radius 3 is 2.65 bits per heavy atom. The van der Waals surface area contributed by atoms with Crippen molar-refractivity contribution >= 4 is 5.96 Å². The van der Waals surface area contributed by atoms with E-state index >= 15 is 0 Å². The molecule has 2 rings (SSSR count). The van der Waals surface area contributed by atoms with Gasteiger partial charge in [-0.25, -0.2) is 4.99 Å². The molecule has 1 aliphatic carbocycles. The lowest BCUT2D eigenvalue weighted by molar-refractivity contribution is -0.0229. The number of nitrogens with zero attached hydrogens (tertiary/aromatic N) is 2. The molecule has 4 heteroatoms. The molecule has 0 aromatic carbocycles. The van der Waals surface area contributed by atoms with Crippen molar-refractivity contribution in [2.45, 2.75) is 64.1 Å². The maximum Gasteiger partial charge on any atom is 0.191 e. The van der Waals surface area contributed by atoms with Gasteiger partial charge in [-0.05, 0) is 26.7 Å². The molecule has 0 spiro atoms. The Bertz CT molecular complexity index is 274. The molecule has 1 saturated carbocycles. The highest BCUT2D eigenvalue weighted by Gasteiger charge is 2.25. The highest BCUT2D eigenvalue weighted by Crippen LogP contribution is 2.21. The number of hydrogen-bond acceptors (Lipinski definition) is 2. The summed E-state index contributed by atoms with van der Waals surface area (Å²) in [6.07, 6.45) is 6.62. The lowest BCUT2D eigenvalue weighted by Gasteiger charge is -2.38. The average molecular weight is 239 g/mol. The average Bonchev–Trinajstić information content (AvgIpc) is 2.33. The van der Waals surface area contributed by atoms with Crippen LogP contribution in [0.15, 0.2) is 4.99 Å². The maximum absolute atomic E-state index is 6.15. The van der Waals surface area contributed by atoms with Gasteiger partial charge in [0.1, 0.15) is 0 Å². The van der Waals surface area contributed by atoms with Crippen LogP contribution in [-0.2, 0) is 4.74 Å². The lowest BCUT2D eigenvalue weighted by Crippen LogP contribution is -2.53. The summed E-state index contributed by atoms with van der Waals surface area (Å²) in [4.78, 5) is 6.91. The van der Waals surface area contributed by atoms with Crippen LogP contribution in [0.25, 0.3) is 0 Å². The van der Waals surface area contributed by atoms with Crippen molar-refractivity contribution in [3.8, 4) is 0 Å². The van der Waals surface area contributed by atoms with E-state index in [1.165, 1.54) is 32.1 Å². The minimum atomic E-state index is 0.256. The van der Waals surface area contributed by atoms with Crippen LogP contribution < -0.4 is 5.73 Å². The van der Waals surface area contributed by atoms with E-state index in [0.717, 1.165) is 19.1 Å². The third-order valence-electron chi connectivity index (χ3n) is 3.79. The SMILES string of the molecule is CC1CN(C(N)=NC2CCCCC2)C(C)CO1. The highest BCUT2D eigenvalue weighted by molar-refractivity contribution is 5.78. The Labute approximate surface area is 104 Å². The Morgan fingerprint density at radius 2 is 1.94 bits per heavy atom. The van der Waals surface area contributed by atoms with Crippen LogP contribution in [0, 0.1) is 0 Å². The van der Waals surface area contributed by atoms with Gasteiger partial charge in [-0.3, -0.25) is 0 Å². The number of aliphatic imine (C=N–C) groups is 1. The molecule has 2 fully saturated rings. The number of ether oxygens (including phenoxy) is 1. The number of rotatable bonds is 1. The Morgan fingerprint density at radius 1 is 1.24 bits per heavy atom. The summed E-state index contributed by atoms with van der Waals surface area (Å²) < 4.78 is 5.61. The quantitative estimate of drug-likeness (QED) is 0.560.